The second-order valence-corrected chi connectivity index (χ2v) is 8.07. The van der Waals surface area contributed by atoms with Crippen LogP contribution in [-0.4, -0.2) is 55.0 Å². The number of benzene rings is 2. The standard InChI is InChI=1S/C21H24BrN3O2/c22-18-2-1-3-19(13-18)23-21(26)15-25-9-7-24(8-10-25)14-16-4-5-20-17(12-16)6-11-27-20/h1-5,12-13H,6-11,14-15H2,(H,23,26). The van der Waals surface area contributed by atoms with E-state index in [0.29, 0.717) is 6.54 Å². The molecule has 0 aromatic heterocycles. The predicted octanol–water partition coefficient (Wildman–Crippen LogP) is 3.14. The first kappa shape index (κ1) is 18.5. The van der Waals surface area contributed by atoms with E-state index in [9.17, 15) is 4.79 Å². The van der Waals surface area contributed by atoms with E-state index in [1.807, 2.05) is 24.3 Å². The summed E-state index contributed by atoms with van der Waals surface area (Å²) in [5.74, 6) is 1.08. The van der Waals surface area contributed by atoms with Crippen LogP contribution in [0, 0.1) is 0 Å². The first-order chi connectivity index (χ1) is 13.2. The van der Waals surface area contributed by atoms with E-state index in [1.165, 1.54) is 11.1 Å². The van der Waals surface area contributed by atoms with Gasteiger partial charge in [-0.15, -0.1) is 0 Å². The van der Waals surface area contributed by atoms with Gasteiger partial charge in [-0.25, -0.2) is 0 Å². The molecule has 1 fully saturated rings. The van der Waals surface area contributed by atoms with Gasteiger partial charge >= 0.3 is 0 Å². The molecular weight excluding hydrogens is 406 g/mol. The highest BCUT2D eigenvalue weighted by Gasteiger charge is 2.20. The summed E-state index contributed by atoms with van der Waals surface area (Å²) in [4.78, 5) is 17.0. The Morgan fingerprint density at radius 3 is 2.70 bits per heavy atom. The number of anilines is 1. The van der Waals surface area contributed by atoms with Gasteiger partial charge in [0, 0.05) is 49.3 Å². The van der Waals surface area contributed by atoms with Gasteiger partial charge in [0.1, 0.15) is 5.75 Å². The predicted molar refractivity (Wildman–Crippen MR) is 110 cm³/mol. The number of hydrogen-bond donors (Lipinski definition) is 1. The molecule has 2 aliphatic rings. The van der Waals surface area contributed by atoms with Crippen LogP contribution in [-0.2, 0) is 17.8 Å². The Morgan fingerprint density at radius 2 is 1.89 bits per heavy atom. The molecule has 1 N–H and O–H groups in total. The van der Waals surface area contributed by atoms with Crippen LogP contribution in [0.4, 0.5) is 5.69 Å². The lowest BCUT2D eigenvalue weighted by Gasteiger charge is -2.34. The highest BCUT2D eigenvalue weighted by atomic mass is 79.9. The van der Waals surface area contributed by atoms with Crippen molar-refractivity contribution in [1.29, 1.82) is 0 Å². The van der Waals surface area contributed by atoms with Crippen molar-refractivity contribution in [2.75, 3.05) is 44.6 Å². The smallest absolute Gasteiger partial charge is 0.238 e. The molecule has 142 valence electrons. The zero-order valence-corrected chi connectivity index (χ0v) is 16.9. The fourth-order valence-electron chi connectivity index (χ4n) is 3.67. The zero-order chi connectivity index (χ0) is 18.6. The van der Waals surface area contributed by atoms with Crippen molar-refractivity contribution in [3.8, 4) is 5.75 Å². The number of halogens is 1. The molecule has 1 saturated heterocycles. The Kier molecular flexibility index (Phi) is 5.76. The molecule has 2 aliphatic heterocycles. The fraction of sp³-hybridized carbons (Fsp3) is 0.381. The minimum Gasteiger partial charge on any atom is -0.493 e. The highest BCUT2D eigenvalue weighted by molar-refractivity contribution is 9.10. The minimum atomic E-state index is 0.0418. The first-order valence-corrected chi connectivity index (χ1v) is 10.2. The third-order valence-corrected chi connectivity index (χ3v) is 5.59. The summed E-state index contributed by atoms with van der Waals surface area (Å²) >= 11 is 3.43. The lowest BCUT2D eigenvalue weighted by atomic mass is 10.1. The third kappa shape index (κ3) is 4.89. The molecule has 0 aliphatic carbocycles. The van der Waals surface area contributed by atoms with Crippen molar-refractivity contribution in [2.24, 2.45) is 0 Å². The molecular formula is C21H24BrN3O2. The molecule has 0 radical (unpaired) electrons. The second kappa shape index (κ2) is 8.42. The molecule has 2 aromatic carbocycles. The van der Waals surface area contributed by atoms with Gasteiger partial charge in [0.2, 0.25) is 5.91 Å². The van der Waals surface area contributed by atoms with Crippen molar-refractivity contribution < 1.29 is 9.53 Å². The van der Waals surface area contributed by atoms with Gasteiger partial charge in [-0.1, -0.05) is 34.1 Å². The number of carbonyl (C=O) groups is 1. The van der Waals surface area contributed by atoms with Crippen LogP contribution in [0.15, 0.2) is 46.9 Å². The van der Waals surface area contributed by atoms with Gasteiger partial charge in [0.05, 0.1) is 13.2 Å². The summed E-state index contributed by atoms with van der Waals surface area (Å²) in [6.45, 7) is 6.01. The average molecular weight is 430 g/mol. The van der Waals surface area contributed by atoms with E-state index in [1.54, 1.807) is 0 Å². The Morgan fingerprint density at radius 1 is 1.07 bits per heavy atom. The summed E-state index contributed by atoms with van der Waals surface area (Å²) < 4.78 is 6.55. The number of hydrogen-bond acceptors (Lipinski definition) is 4. The van der Waals surface area contributed by atoms with Crippen LogP contribution in [0.2, 0.25) is 0 Å². The van der Waals surface area contributed by atoms with Gasteiger partial charge in [0.25, 0.3) is 0 Å². The number of amides is 1. The van der Waals surface area contributed by atoms with Gasteiger partial charge in [-0.05, 0) is 35.4 Å². The number of nitrogens with zero attached hydrogens (tertiary/aromatic N) is 2. The molecule has 6 heteroatoms. The fourth-order valence-corrected chi connectivity index (χ4v) is 4.07. The molecule has 27 heavy (non-hydrogen) atoms. The highest BCUT2D eigenvalue weighted by Crippen LogP contribution is 2.26. The number of ether oxygens (including phenoxy) is 1. The Bertz CT molecular complexity index is 819. The number of piperazine rings is 1. The number of rotatable bonds is 5. The van der Waals surface area contributed by atoms with Crippen molar-refractivity contribution in [1.82, 2.24) is 9.80 Å². The lowest BCUT2D eigenvalue weighted by molar-refractivity contribution is -0.117. The quantitative estimate of drug-likeness (QED) is 0.792. The number of fused-ring (bicyclic) bond motifs is 1. The molecule has 1 amide bonds. The van der Waals surface area contributed by atoms with E-state index < -0.39 is 0 Å². The van der Waals surface area contributed by atoms with Crippen LogP contribution in [0.1, 0.15) is 11.1 Å². The van der Waals surface area contributed by atoms with Gasteiger partial charge < -0.3 is 10.1 Å². The number of nitrogens with one attached hydrogen (secondary N) is 1. The Labute approximate surface area is 168 Å². The van der Waals surface area contributed by atoms with Crippen LogP contribution < -0.4 is 10.1 Å². The summed E-state index contributed by atoms with van der Waals surface area (Å²) in [6.07, 6.45) is 1.02. The van der Waals surface area contributed by atoms with Crippen molar-refractivity contribution >= 4 is 27.5 Å². The van der Waals surface area contributed by atoms with Crippen LogP contribution in [0.25, 0.3) is 0 Å². The summed E-state index contributed by atoms with van der Waals surface area (Å²) in [5, 5.41) is 2.97. The molecule has 4 rings (SSSR count). The van der Waals surface area contributed by atoms with Gasteiger partial charge in [-0.2, -0.15) is 0 Å². The average Bonchev–Trinajstić information content (AvgIpc) is 3.11. The van der Waals surface area contributed by atoms with E-state index in [4.69, 9.17) is 4.74 Å². The minimum absolute atomic E-state index is 0.0418. The zero-order valence-electron chi connectivity index (χ0n) is 15.3. The summed E-state index contributed by atoms with van der Waals surface area (Å²) in [6, 6.07) is 14.2. The maximum atomic E-state index is 12.3. The SMILES string of the molecule is O=C(CN1CCN(Cc2ccc3c(c2)CCO3)CC1)Nc1cccc(Br)c1. The van der Waals surface area contributed by atoms with Gasteiger partial charge in [-0.3, -0.25) is 14.6 Å². The molecule has 0 atom stereocenters. The lowest BCUT2D eigenvalue weighted by Crippen LogP contribution is -2.48. The molecule has 5 nitrogen and oxygen atoms in total. The van der Waals surface area contributed by atoms with Crippen molar-refractivity contribution in [3.63, 3.8) is 0 Å². The number of carbonyl (C=O) groups excluding carboxylic acids is 1. The summed E-state index contributed by atoms with van der Waals surface area (Å²) in [5.41, 5.74) is 3.50. The van der Waals surface area contributed by atoms with Crippen LogP contribution in [0.3, 0.4) is 0 Å². The Hall–Kier alpha value is -1.89. The largest absolute Gasteiger partial charge is 0.493 e. The van der Waals surface area contributed by atoms with Crippen LogP contribution in [0.5, 0.6) is 5.75 Å². The topological polar surface area (TPSA) is 44.8 Å². The summed E-state index contributed by atoms with van der Waals surface area (Å²) in [7, 11) is 0. The van der Waals surface area contributed by atoms with E-state index >= 15 is 0 Å². The van der Waals surface area contributed by atoms with Gasteiger partial charge in [0.15, 0.2) is 0 Å². The first-order valence-electron chi connectivity index (χ1n) is 9.40. The molecule has 0 bridgehead atoms. The molecule has 0 saturated carbocycles. The van der Waals surface area contributed by atoms with Crippen molar-refractivity contribution in [2.45, 2.75) is 13.0 Å². The van der Waals surface area contributed by atoms with E-state index in [2.05, 4.69) is 49.2 Å². The van der Waals surface area contributed by atoms with E-state index in [-0.39, 0.29) is 5.91 Å². The van der Waals surface area contributed by atoms with Crippen LogP contribution >= 0.6 is 15.9 Å². The maximum absolute atomic E-state index is 12.3. The molecule has 0 unspecified atom stereocenters. The third-order valence-electron chi connectivity index (χ3n) is 5.10. The maximum Gasteiger partial charge on any atom is 0.238 e. The monoisotopic (exact) mass is 429 g/mol. The Balaban J connectivity index is 1.23. The molecule has 2 heterocycles. The molecule has 2 aromatic rings. The van der Waals surface area contributed by atoms with E-state index in [0.717, 1.165) is 61.7 Å². The molecule has 0 spiro atoms. The second-order valence-electron chi connectivity index (χ2n) is 7.15. The normalized spacial score (nSPS) is 17.4. The van der Waals surface area contributed by atoms with Crippen molar-refractivity contribution in [3.05, 3.63) is 58.1 Å².